The van der Waals surface area contributed by atoms with Gasteiger partial charge in [0.15, 0.2) is 0 Å². The van der Waals surface area contributed by atoms with Crippen LogP contribution in [0, 0.1) is 19.8 Å². The maximum Gasteiger partial charge on any atom is 0.0393 e. The highest BCUT2D eigenvalue weighted by Crippen LogP contribution is 2.24. The molecule has 1 aliphatic carbocycles. The number of anilines is 1. The second kappa shape index (κ2) is 4.92. The summed E-state index contributed by atoms with van der Waals surface area (Å²) >= 11 is 0. The molecule has 2 unspecified atom stereocenters. The summed E-state index contributed by atoms with van der Waals surface area (Å²) in [7, 11) is 2.16. The standard InChI is InChI=1S/C15H22N2/c1-11-4-7-15(12(2)8-11)17(3)10-13-5-6-14(16)9-13/h4-8,13-14H,9-10,16H2,1-3H3. The molecule has 1 aliphatic rings. The molecule has 2 rings (SSSR count). The van der Waals surface area contributed by atoms with Crippen molar-refractivity contribution in [1.82, 2.24) is 0 Å². The summed E-state index contributed by atoms with van der Waals surface area (Å²) in [6, 6.07) is 6.88. The average molecular weight is 230 g/mol. The van der Waals surface area contributed by atoms with Crippen LogP contribution < -0.4 is 10.6 Å². The highest BCUT2D eigenvalue weighted by atomic mass is 15.1. The van der Waals surface area contributed by atoms with Gasteiger partial charge in [0.1, 0.15) is 0 Å². The predicted molar refractivity (Wildman–Crippen MR) is 74.4 cm³/mol. The Labute approximate surface area is 104 Å². The van der Waals surface area contributed by atoms with Crippen LogP contribution in [0.1, 0.15) is 17.5 Å². The molecule has 0 amide bonds. The van der Waals surface area contributed by atoms with Gasteiger partial charge in [0.25, 0.3) is 0 Å². The Kier molecular flexibility index (Phi) is 3.53. The van der Waals surface area contributed by atoms with Crippen LogP contribution in [0.3, 0.4) is 0 Å². The van der Waals surface area contributed by atoms with Gasteiger partial charge in [-0.1, -0.05) is 29.8 Å². The third-order valence-corrected chi connectivity index (χ3v) is 3.48. The lowest BCUT2D eigenvalue weighted by molar-refractivity contribution is 0.586. The van der Waals surface area contributed by atoms with Crippen molar-refractivity contribution in [2.75, 3.05) is 18.5 Å². The number of nitrogens with zero attached hydrogens (tertiary/aromatic N) is 1. The van der Waals surface area contributed by atoms with E-state index in [0.29, 0.717) is 5.92 Å². The summed E-state index contributed by atoms with van der Waals surface area (Å²) in [6.07, 6.45) is 5.46. The zero-order valence-corrected chi connectivity index (χ0v) is 11.0. The van der Waals surface area contributed by atoms with Gasteiger partial charge in [-0.2, -0.15) is 0 Å². The lowest BCUT2D eigenvalue weighted by Gasteiger charge is -2.24. The van der Waals surface area contributed by atoms with Crippen molar-refractivity contribution >= 4 is 5.69 Å². The Morgan fingerprint density at radius 1 is 1.29 bits per heavy atom. The van der Waals surface area contributed by atoms with Gasteiger partial charge in [0.05, 0.1) is 0 Å². The van der Waals surface area contributed by atoms with Crippen LogP contribution in [-0.2, 0) is 0 Å². The molecule has 2 N–H and O–H groups in total. The lowest BCUT2D eigenvalue weighted by atomic mass is 10.1. The fourth-order valence-electron chi connectivity index (χ4n) is 2.63. The van der Waals surface area contributed by atoms with E-state index in [1.54, 1.807) is 0 Å². The largest absolute Gasteiger partial charge is 0.374 e. The number of benzene rings is 1. The minimum Gasteiger partial charge on any atom is -0.374 e. The van der Waals surface area contributed by atoms with Crippen molar-refractivity contribution < 1.29 is 0 Å². The fourth-order valence-corrected chi connectivity index (χ4v) is 2.63. The summed E-state index contributed by atoms with van der Waals surface area (Å²) in [6.45, 7) is 5.36. The van der Waals surface area contributed by atoms with E-state index in [9.17, 15) is 0 Å². The summed E-state index contributed by atoms with van der Waals surface area (Å²) in [5.41, 5.74) is 9.88. The molecular weight excluding hydrogens is 208 g/mol. The molecule has 0 bridgehead atoms. The Morgan fingerprint density at radius 3 is 2.65 bits per heavy atom. The summed E-state index contributed by atoms with van der Waals surface area (Å²) in [5, 5.41) is 0. The number of hydrogen-bond acceptors (Lipinski definition) is 2. The van der Waals surface area contributed by atoms with Gasteiger partial charge in [-0.15, -0.1) is 0 Å². The lowest BCUT2D eigenvalue weighted by Crippen LogP contribution is -2.26. The van der Waals surface area contributed by atoms with Gasteiger partial charge < -0.3 is 10.6 Å². The molecule has 1 aromatic rings. The number of hydrogen-bond donors (Lipinski definition) is 1. The van der Waals surface area contributed by atoms with Crippen LogP contribution in [-0.4, -0.2) is 19.6 Å². The van der Waals surface area contributed by atoms with Gasteiger partial charge in [-0.05, 0) is 37.8 Å². The maximum absolute atomic E-state index is 5.88. The van der Waals surface area contributed by atoms with Crippen LogP contribution >= 0.6 is 0 Å². The fraction of sp³-hybridized carbons (Fsp3) is 0.467. The highest BCUT2D eigenvalue weighted by Gasteiger charge is 2.17. The molecule has 0 saturated heterocycles. The summed E-state index contributed by atoms with van der Waals surface area (Å²) in [5.74, 6) is 0.593. The Morgan fingerprint density at radius 2 is 2.06 bits per heavy atom. The minimum absolute atomic E-state index is 0.257. The molecule has 0 heterocycles. The monoisotopic (exact) mass is 230 g/mol. The topological polar surface area (TPSA) is 29.3 Å². The third-order valence-electron chi connectivity index (χ3n) is 3.48. The zero-order chi connectivity index (χ0) is 12.4. The SMILES string of the molecule is Cc1ccc(N(C)CC2C=CC(N)C2)c(C)c1. The number of aryl methyl sites for hydroxylation is 2. The van der Waals surface area contributed by atoms with Crippen molar-refractivity contribution in [1.29, 1.82) is 0 Å². The smallest absolute Gasteiger partial charge is 0.0393 e. The number of nitrogens with two attached hydrogens (primary N) is 1. The maximum atomic E-state index is 5.88. The second-order valence-corrected chi connectivity index (χ2v) is 5.22. The molecular formula is C15H22N2. The van der Waals surface area contributed by atoms with Crippen molar-refractivity contribution in [3.8, 4) is 0 Å². The van der Waals surface area contributed by atoms with Gasteiger partial charge in [-0.3, -0.25) is 0 Å². The Balaban J connectivity index is 2.04. The van der Waals surface area contributed by atoms with Crippen LogP contribution in [0.4, 0.5) is 5.69 Å². The molecule has 92 valence electrons. The first-order chi connectivity index (χ1) is 8.06. The zero-order valence-electron chi connectivity index (χ0n) is 11.0. The molecule has 2 heteroatoms. The van der Waals surface area contributed by atoms with Crippen molar-refractivity contribution in [2.45, 2.75) is 26.3 Å². The van der Waals surface area contributed by atoms with Crippen molar-refractivity contribution in [2.24, 2.45) is 11.7 Å². The number of rotatable bonds is 3. The van der Waals surface area contributed by atoms with Crippen molar-refractivity contribution in [3.05, 3.63) is 41.5 Å². The Hall–Kier alpha value is -1.28. The Bertz CT molecular complexity index is 423. The first-order valence-corrected chi connectivity index (χ1v) is 6.28. The molecule has 0 radical (unpaired) electrons. The van der Waals surface area contributed by atoms with Crippen LogP contribution in [0.25, 0.3) is 0 Å². The van der Waals surface area contributed by atoms with E-state index in [1.807, 2.05) is 0 Å². The first kappa shape index (κ1) is 12.2. The van der Waals surface area contributed by atoms with E-state index in [4.69, 9.17) is 5.73 Å². The van der Waals surface area contributed by atoms with Gasteiger partial charge in [0, 0.05) is 25.3 Å². The molecule has 0 fully saturated rings. The van der Waals surface area contributed by atoms with Crippen LogP contribution in [0.2, 0.25) is 0 Å². The van der Waals surface area contributed by atoms with E-state index < -0.39 is 0 Å². The molecule has 2 atom stereocenters. The van der Waals surface area contributed by atoms with Gasteiger partial charge >= 0.3 is 0 Å². The third kappa shape index (κ3) is 2.89. The van der Waals surface area contributed by atoms with Gasteiger partial charge in [-0.25, -0.2) is 0 Å². The van der Waals surface area contributed by atoms with E-state index in [0.717, 1.165) is 13.0 Å². The molecule has 1 aromatic carbocycles. The van der Waals surface area contributed by atoms with E-state index in [-0.39, 0.29) is 6.04 Å². The van der Waals surface area contributed by atoms with Gasteiger partial charge in [0.2, 0.25) is 0 Å². The van der Waals surface area contributed by atoms with E-state index in [1.165, 1.54) is 16.8 Å². The molecule has 0 aromatic heterocycles. The van der Waals surface area contributed by atoms with E-state index in [2.05, 4.69) is 56.1 Å². The molecule has 2 nitrogen and oxygen atoms in total. The van der Waals surface area contributed by atoms with Crippen LogP contribution in [0.5, 0.6) is 0 Å². The molecule has 0 aliphatic heterocycles. The molecule has 17 heavy (non-hydrogen) atoms. The first-order valence-electron chi connectivity index (χ1n) is 6.28. The normalized spacial score (nSPS) is 23.1. The average Bonchev–Trinajstić information content (AvgIpc) is 2.63. The minimum atomic E-state index is 0.257. The summed E-state index contributed by atoms with van der Waals surface area (Å²) < 4.78 is 0. The second-order valence-electron chi connectivity index (χ2n) is 5.22. The predicted octanol–water partition coefficient (Wildman–Crippen LogP) is 2.64. The van der Waals surface area contributed by atoms with Crippen molar-refractivity contribution in [3.63, 3.8) is 0 Å². The van der Waals surface area contributed by atoms with Crippen LogP contribution in [0.15, 0.2) is 30.4 Å². The molecule has 0 spiro atoms. The quantitative estimate of drug-likeness (QED) is 0.809. The summed E-state index contributed by atoms with van der Waals surface area (Å²) in [4.78, 5) is 2.34. The highest BCUT2D eigenvalue weighted by molar-refractivity contribution is 5.53. The van der Waals surface area contributed by atoms with E-state index >= 15 is 0 Å². The molecule has 0 saturated carbocycles.